The lowest BCUT2D eigenvalue weighted by atomic mass is 10.4. The zero-order valence-electron chi connectivity index (χ0n) is 7.99. The van der Waals surface area contributed by atoms with Crippen molar-refractivity contribution in [2.75, 3.05) is 20.8 Å². The molecule has 13 heavy (non-hydrogen) atoms. The van der Waals surface area contributed by atoms with Crippen LogP contribution < -0.4 is 19.8 Å². The molecule has 0 aromatic carbocycles. The first kappa shape index (κ1) is 9.80. The molecule has 0 radical (unpaired) electrons. The van der Waals surface area contributed by atoms with Crippen LogP contribution in [-0.4, -0.2) is 20.8 Å². The second kappa shape index (κ2) is 4.67. The summed E-state index contributed by atoms with van der Waals surface area (Å²) in [6.07, 6.45) is 3.78. The Labute approximate surface area is 77.9 Å². The summed E-state index contributed by atoms with van der Waals surface area (Å²) in [5, 5.41) is 0. The zero-order chi connectivity index (χ0) is 9.68. The van der Waals surface area contributed by atoms with Crippen molar-refractivity contribution in [1.29, 1.82) is 0 Å². The van der Waals surface area contributed by atoms with Crippen LogP contribution in [0.3, 0.4) is 0 Å². The lowest BCUT2D eigenvalue weighted by Crippen LogP contribution is -2.36. The Morgan fingerprint density at radius 1 is 1.31 bits per heavy atom. The minimum absolute atomic E-state index is 0.611. The number of aromatic nitrogens is 1. The van der Waals surface area contributed by atoms with Crippen molar-refractivity contribution in [2.45, 2.75) is 6.54 Å². The summed E-state index contributed by atoms with van der Waals surface area (Å²) in [7, 11) is 3.23. The Bertz CT molecular complexity index is 276. The molecular weight excluding hydrogens is 168 g/mol. The molecule has 1 rings (SSSR count). The van der Waals surface area contributed by atoms with E-state index >= 15 is 0 Å². The lowest BCUT2D eigenvalue weighted by Gasteiger charge is -2.04. The Kier molecular flexibility index (Phi) is 3.52. The fourth-order valence-corrected chi connectivity index (χ4v) is 1.11. The molecule has 4 heteroatoms. The summed E-state index contributed by atoms with van der Waals surface area (Å²) in [5.74, 6) is 1.45. The van der Waals surface area contributed by atoms with Crippen molar-refractivity contribution in [3.8, 4) is 11.5 Å². The van der Waals surface area contributed by atoms with Crippen molar-refractivity contribution >= 4 is 0 Å². The molecule has 1 aromatic rings. The molecule has 72 valence electrons. The normalized spacial score (nSPS) is 9.77. The first-order valence-corrected chi connectivity index (χ1v) is 4.13. The Morgan fingerprint density at radius 3 is 2.54 bits per heavy atom. The van der Waals surface area contributed by atoms with Gasteiger partial charge >= 0.3 is 0 Å². The minimum Gasteiger partial charge on any atom is -0.492 e. The van der Waals surface area contributed by atoms with Crippen LogP contribution in [0, 0.1) is 0 Å². The maximum atomic E-state index is 5.43. The van der Waals surface area contributed by atoms with Gasteiger partial charge in [0.2, 0.25) is 11.9 Å². The molecule has 1 heterocycles. The van der Waals surface area contributed by atoms with Gasteiger partial charge in [-0.05, 0) is 0 Å². The fraction of sp³-hybridized carbons (Fsp3) is 0.444. The average Bonchev–Trinajstić information content (AvgIpc) is 2.18. The lowest BCUT2D eigenvalue weighted by molar-refractivity contribution is -0.694. The van der Waals surface area contributed by atoms with Gasteiger partial charge in [-0.3, -0.25) is 0 Å². The van der Waals surface area contributed by atoms with Crippen molar-refractivity contribution in [3.63, 3.8) is 0 Å². The van der Waals surface area contributed by atoms with Gasteiger partial charge in [0.1, 0.15) is 0 Å². The summed E-state index contributed by atoms with van der Waals surface area (Å²) in [5.41, 5.74) is 5.43. The van der Waals surface area contributed by atoms with Gasteiger partial charge in [-0.1, -0.05) is 0 Å². The number of hydrogen-bond acceptors (Lipinski definition) is 3. The van der Waals surface area contributed by atoms with Crippen molar-refractivity contribution < 1.29 is 14.0 Å². The third-order valence-electron chi connectivity index (χ3n) is 1.77. The van der Waals surface area contributed by atoms with E-state index < -0.39 is 0 Å². The molecule has 0 aliphatic rings. The minimum atomic E-state index is 0.611. The van der Waals surface area contributed by atoms with Crippen LogP contribution in [0.25, 0.3) is 0 Å². The highest BCUT2D eigenvalue weighted by Crippen LogP contribution is 2.22. The standard InChI is InChI=1S/C9H15N2O2/c1-12-8-3-5-11(6-4-10)7-9(8)13-2/h3,5,7H,4,6,10H2,1-2H3/q+1. The predicted octanol–water partition coefficient (Wildman–Crippen LogP) is -0.0500. The number of rotatable bonds is 4. The first-order chi connectivity index (χ1) is 6.31. The van der Waals surface area contributed by atoms with E-state index in [-0.39, 0.29) is 0 Å². The molecule has 0 spiro atoms. The topological polar surface area (TPSA) is 48.4 Å². The highest BCUT2D eigenvalue weighted by Gasteiger charge is 2.08. The molecule has 0 unspecified atom stereocenters. The van der Waals surface area contributed by atoms with Crippen LogP contribution >= 0.6 is 0 Å². The average molecular weight is 183 g/mol. The van der Waals surface area contributed by atoms with Crippen molar-refractivity contribution in [2.24, 2.45) is 5.73 Å². The SMILES string of the molecule is COc1cc[n+](CCN)cc1OC. The summed E-state index contributed by atoms with van der Waals surface area (Å²) >= 11 is 0. The van der Waals surface area contributed by atoms with Gasteiger partial charge in [0.15, 0.2) is 18.5 Å². The van der Waals surface area contributed by atoms with Gasteiger partial charge in [-0.25, -0.2) is 4.57 Å². The molecule has 0 aliphatic heterocycles. The molecule has 0 atom stereocenters. The van der Waals surface area contributed by atoms with Crippen LogP contribution in [-0.2, 0) is 6.54 Å². The molecular formula is C9H15N2O2+. The second-order valence-corrected chi connectivity index (χ2v) is 2.61. The summed E-state index contributed by atoms with van der Waals surface area (Å²) in [6.45, 7) is 1.39. The number of nitrogens with two attached hydrogens (primary N) is 1. The molecule has 0 fully saturated rings. The van der Waals surface area contributed by atoms with E-state index in [2.05, 4.69) is 0 Å². The van der Waals surface area contributed by atoms with Gasteiger partial charge < -0.3 is 15.2 Å². The molecule has 0 aliphatic carbocycles. The number of ether oxygens (including phenoxy) is 2. The molecule has 0 bridgehead atoms. The van der Waals surface area contributed by atoms with Crippen LogP contribution in [0.15, 0.2) is 18.5 Å². The quantitative estimate of drug-likeness (QED) is 0.666. The third kappa shape index (κ3) is 2.32. The summed E-state index contributed by atoms with van der Waals surface area (Å²) in [6, 6.07) is 1.86. The molecule has 0 saturated heterocycles. The monoisotopic (exact) mass is 183 g/mol. The molecule has 2 N–H and O–H groups in total. The molecule has 1 aromatic heterocycles. The summed E-state index contributed by atoms with van der Waals surface area (Å²) in [4.78, 5) is 0. The highest BCUT2D eigenvalue weighted by atomic mass is 16.5. The van der Waals surface area contributed by atoms with Crippen molar-refractivity contribution in [1.82, 2.24) is 0 Å². The van der Waals surface area contributed by atoms with E-state index in [1.54, 1.807) is 14.2 Å². The fourth-order valence-electron chi connectivity index (χ4n) is 1.11. The van der Waals surface area contributed by atoms with Crippen molar-refractivity contribution in [3.05, 3.63) is 18.5 Å². The number of methoxy groups -OCH3 is 2. The predicted molar refractivity (Wildman–Crippen MR) is 48.8 cm³/mol. The Hall–Kier alpha value is -1.29. The van der Waals surface area contributed by atoms with Crippen LogP contribution in [0.4, 0.5) is 0 Å². The first-order valence-electron chi connectivity index (χ1n) is 4.13. The van der Waals surface area contributed by atoms with Gasteiger partial charge in [0.25, 0.3) is 0 Å². The summed E-state index contributed by atoms with van der Waals surface area (Å²) < 4.78 is 12.2. The van der Waals surface area contributed by atoms with Gasteiger partial charge in [-0.15, -0.1) is 0 Å². The van der Waals surface area contributed by atoms with Crippen LogP contribution in [0.1, 0.15) is 0 Å². The second-order valence-electron chi connectivity index (χ2n) is 2.61. The number of hydrogen-bond donors (Lipinski definition) is 1. The van der Waals surface area contributed by atoms with E-state index in [9.17, 15) is 0 Å². The van der Waals surface area contributed by atoms with Gasteiger partial charge in [0.05, 0.1) is 20.8 Å². The molecule has 4 nitrogen and oxygen atoms in total. The zero-order valence-corrected chi connectivity index (χ0v) is 7.99. The van der Waals surface area contributed by atoms with E-state index in [0.29, 0.717) is 6.54 Å². The van der Waals surface area contributed by atoms with Crippen LogP contribution in [0.5, 0.6) is 11.5 Å². The van der Waals surface area contributed by atoms with E-state index in [0.717, 1.165) is 18.0 Å². The largest absolute Gasteiger partial charge is 0.492 e. The highest BCUT2D eigenvalue weighted by molar-refractivity contribution is 5.34. The van der Waals surface area contributed by atoms with E-state index in [1.165, 1.54) is 0 Å². The maximum Gasteiger partial charge on any atom is 0.225 e. The number of nitrogens with zero attached hydrogens (tertiary/aromatic N) is 1. The number of pyridine rings is 1. The van der Waals surface area contributed by atoms with E-state index in [1.807, 2.05) is 23.0 Å². The molecule has 0 amide bonds. The Morgan fingerprint density at radius 2 is 2.00 bits per heavy atom. The third-order valence-corrected chi connectivity index (χ3v) is 1.77. The Balaban J connectivity index is 2.91. The maximum absolute atomic E-state index is 5.43. The van der Waals surface area contributed by atoms with Gasteiger partial charge in [0, 0.05) is 6.07 Å². The van der Waals surface area contributed by atoms with Gasteiger partial charge in [-0.2, -0.15) is 0 Å². The van der Waals surface area contributed by atoms with Crippen LogP contribution in [0.2, 0.25) is 0 Å². The smallest absolute Gasteiger partial charge is 0.225 e. The molecule has 0 saturated carbocycles. The van der Waals surface area contributed by atoms with E-state index in [4.69, 9.17) is 15.2 Å².